The monoisotopic (exact) mass is 539 g/mol. The average molecular weight is 540 g/mol. The number of hydrogen-bond acceptors (Lipinski definition) is 7. The minimum Gasteiger partial charge on any atom is -0.494 e. The largest absolute Gasteiger partial charge is 0.494 e. The average Bonchev–Trinajstić information content (AvgIpc) is 3.35. The Balaban J connectivity index is 1.53. The van der Waals surface area contributed by atoms with Crippen molar-refractivity contribution in [1.29, 1.82) is 0 Å². The lowest BCUT2D eigenvalue weighted by Gasteiger charge is -2.35. The minimum absolute atomic E-state index is 0.178. The lowest BCUT2D eigenvalue weighted by molar-refractivity contribution is 0.0788. The predicted molar refractivity (Wildman–Crippen MR) is 144 cm³/mol. The number of alkyl halides is 2. The van der Waals surface area contributed by atoms with Gasteiger partial charge in [0.05, 0.1) is 25.0 Å². The van der Waals surface area contributed by atoms with Crippen LogP contribution in [0.25, 0.3) is 5.69 Å². The van der Waals surface area contributed by atoms with E-state index in [1.165, 1.54) is 0 Å². The normalized spacial score (nSPS) is 15.4. The highest BCUT2D eigenvalue weighted by atomic mass is 35.5. The quantitative estimate of drug-likeness (QED) is 0.282. The smallest absolute Gasteiger partial charge is 0.251 e. The number of halogens is 3. The van der Waals surface area contributed by atoms with Crippen molar-refractivity contribution in [2.75, 3.05) is 37.4 Å². The van der Waals surface area contributed by atoms with Gasteiger partial charge in [-0.1, -0.05) is 41.9 Å². The Hall–Kier alpha value is -3.76. The van der Waals surface area contributed by atoms with Crippen molar-refractivity contribution in [2.24, 2.45) is 0 Å². The van der Waals surface area contributed by atoms with Crippen LogP contribution in [0, 0.1) is 0 Å². The molecule has 0 spiro atoms. The van der Waals surface area contributed by atoms with Gasteiger partial charge in [0, 0.05) is 49.1 Å². The molecule has 8 nitrogen and oxygen atoms in total. The third-order valence-corrected chi connectivity index (χ3v) is 6.59. The van der Waals surface area contributed by atoms with Crippen molar-refractivity contribution >= 4 is 29.1 Å². The molecule has 198 valence electrons. The Bertz CT molecular complexity index is 1400. The van der Waals surface area contributed by atoms with Crippen LogP contribution in [0.3, 0.4) is 0 Å². The summed E-state index contributed by atoms with van der Waals surface area (Å²) < 4.78 is 34.1. The summed E-state index contributed by atoms with van der Waals surface area (Å²) in [5.74, 6) is 1.47. The molecule has 2 aromatic carbocycles. The summed E-state index contributed by atoms with van der Waals surface area (Å²) in [7, 11) is 1.59. The molecule has 0 bridgehead atoms. The first-order chi connectivity index (χ1) is 18.4. The molecular weight excluding hydrogens is 512 g/mol. The number of benzene rings is 2. The molecule has 0 aliphatic carbocycles. The molecule has 11 heteroatoms. The number of anilines is 3. The van der Waals surface area contributed by atoms with Crippen LogP contribution in [0.15, 0.2) is 61.1 Å². The molecule has 5 rings (SSSR count). The molecule has 1 unspecified atom stereocenters. The highest BCUT2D eigenvalue weighted by Gasteiger charge is 2.32. The maximum atomic E-state index is 13.4. The summed E-state index contributed by atoms with van der Waals surface area (Å²) in [6.07, 6.45) is 0.889. The molecule has 0 amide bonds. The lowest BCUT2D eigenvalue weighted by Crippen LogP contribution is -2.38. The fourth-order valence-corrected chi connectivity index (χ4v) is 4.91. The Morgan fingerprint density at radius 2 is 1.97 bits per heavy atom. The van der Waals surface area contributed by atoms with Gasteiger partial charge in [0.15, 0.2) is 0 Å². The van der Waals surface area contributed by atoms with Gasteiger partial charge >= 0.3 is 0 Å². The number of nitrogens with one attached hydrogen (secondary N) is 2. The Kier molecular flexibility index (Phi) is 7.71. The lowest BCUT2D eigenvalue weighted by atomic mass is 9.88. The first kappa shape index (κ1) is 25.9. The summed E-state index contributed by atoms with van der Waals surface area (Å²) in [5, 5.41) is 6.99. The highest BCUT2D eigenvalue weighted by Crippen LogP contribution is 2.37. The highest BCUT2D eigenvalue weighted by molar-refractivity contribution is 6.29. The van der Waals surface area contributed by atoms with E-state index in [0.717, 1.165) is 28.2 Å². The van der Waals surface area contributed by atoms with Gasteiger partial charge < -0.3 is 19.9 Å². The molecule has 0 saturated carbocycles. The van der Waals surface area contributed by atoms with Crippen LogP contribution in [-0.2, 0) is 6.54 Å². The molecule has 3 heterocycles. The van der Waals surface area contributed by atoms with Crippen molar-refractivity contribution < 1.29 is 13.5 Å². The second-order valence-corrected chi connectivity index (χ2v) is 9.34. The fraction of sp³-hybridized carbons (Fsp3) is 0.296. The van der Waals surface area contributed by atoms with Crippen LogP contribution in [0.4, 0.5) is 26.2 Å². The third-order valence-electron chi connectivity index (χ3n) is 6.40. The fourth-order valence-electron chi connectivity index (χ4n) is 4.76. The number of rotatable bonds is 9. The van der Waals surface area contributed by atoms with E-state index in [-0.39, 0.29) is 12.5 Å². The Labute approximate surface area is 224 Å². The molecule has 1 aliphatic heterocycles. The molecule has 38 heavy (non-hydrogen) atoms. The number of fused-ring (bicyclic) bond motifs is 1. The van der Waals surface area contributed by atoms with E-state index < -0.39 is 6.43 Å². The van der Waals surface area contributed by atoms with Crippen molar-refractivity contribution in [1.82, 2.24) is 24.4 Å². The van der Waals surface area contributed by atoms with Crippen LogP contribution in [-0.4, -0.2) is 57.6 Å². The summed E-state index contributed by atoms with van der Waals surface area (Å²) >= 11 is 5.98. The number of methoxy groups -OCH3 is 1. The van der Waals surface area contributed by atoms with E-state index in [0.29, 0.717) is 42.3 Å². The van der Waals surface area contributed by atoms with Gasteiger partial charge in [0.25, 0.3) is 6.43 Å². The van der Waals surface area contributed by atoms with Crippen LogP contribution in [0.5, 0.6) is 5.75 Å². The van der Waals surface area contributed by atoms with Crippen LogP contribution in [0.2, 0.25) is 5.15 Å². The van der Waals surface area contributed by atoms with E-state index in [1.807, 2.05) is 55.5 Å². The van der Waals surface area contributed by atoms with Crippen molar-refractivity contribution in [3.63, 3.8) is 0 Å². The zero-order valence-corrected chi connectivity index (χ0v) is 21.8. The molecule has 0 fully saturated rings. The minimum atomic E-state index is -2.42. The van der Waals surface area contributed by atoms with E-state index in [4.69, 9.17) is 26.3 Å². The topological polar surface area (TPSA) is 80.1 Å². The Morgan fingerprint density at radius 1 is 1.16 bits per heavy atom. The molecule has 0 saturated heterocycles. The van der Waals surface area contributed by atoms with Gasteiger partial charge in [-0.2, -0.15) is 4.98 Å². The molecule has 1 aliphatic rings. The SMILES string of the molecule is CCNc1nc(Nc2ccc(-n3cnc(Cl)c3)c(OC)c2)nc2c1CN(CC(F)F)CC2c1ccccc1. The number of aromatic nitrogens is 4. The van der Waals surface area contributed by atoms with E-state index in [2.05, 4.69) is 15.6 Å². The molecule has 2 N–H and O–H groups in total. The maximum absolute atomic E-state index is 13.4. The maximum Gasteiger partial charge on any atom is 0.251 e. The summed E-state index contributed by atoms with van der Waals surface area (Å²) in [5.41, 5.74) is 4.19. The van der Waals surface area contributed by atoms with Gasteiger partial charge in [-0.25, -0.2) is 18.7 Å². The molecule has 2 aromatic heterocycles. The van der Waals surface area contributed by atoms with Gasteiger partial charge in [0.2, 0.25) is 5.95 Å². The van der Waals surface area contributed by atoms with Crippen LogP contribution < -0.4 is 15.4 Å². The van der Waals surface area contributed by atoms with E-state index >= 15 is 0 Å². The Morgan fingerprint density at radius 3 is 2.66 bits per heavy atom. The summed E-state index contributed by atoms with van der Waals surface area (Å²) in [6, 6.07) is 15.5. The van der Waals surface area contributed by atoms with E-state index in [1.54, 1.807) is 29.1 Å². The van der Waals surface area contributed by atoms with Gasteiger partial charge in [-0.3, -0.25) is 4.90 Å². The summed E-state index contributed by atoms with van der Waals surface area (Å²) in [6.45, 7) is 3.09. The number of hydrogen-bond donors (Lipinski definition) is 2. The zero-order valence-electron chi connectivity index (χ0n) is 21.0. The number of nitrogens with zero attached hydrogens (tertiary/aromatic N) is 5. The third kappa shape index (κ3) is 5.56. The zero-order chi connectivity index (χ0) is 26.6. The first-order valence-corrected chi connectivity index (χ1v) is 12.7. The number of imidazole rings is 1. The van der Waals surface area contributed by atoms with Gasteiger partial charge in [-0.15, -0.1) is 0 Å². The second-order valence-electron chi connectivity index (χ2n) is 8.95. The van der Waals surface area contributed by atoms with Crippen molar-refractivity contribution in [2.45, 2.75) is 25.8 Å². The van der Waals surface area contributed by atoms with E-state index in [9.17, 15) is 8.78 Å². The van der Waals surface area contributed by atoms with Crippen molar-refractivity contribution in [3.8, 4) is 11.4 Å². The molecule has 1 atom stereocenters. The van der Waals surface area contributed by atoms with Gasteiger partial charge in [-0.05, 0) is 24.6 Å². The number of ether oxygens (including phenoxy) is 1. The molecule has 0 radical (unpaired) electrons. The van der Waals surface area contributed by atoms with Crippen LogP contribution in [0.1, 0.15) is 29.7 Å². The molecular formula is C27H28ClF2N7O. The van der Waals surface area contributed by atoms with Gasteiger partial charge in [0.1, 0.15) is 23.0 Å². The standard InChI is InChI=1S/C27H28ClF2N7O/c1-3-31-26-20-13-36(15-24(29)30)12-19(17-7-5-4-6-8-17)25(20)34-27(35-26)33-18-9-10-21(22(11-18)38-2)37-14-23(28)32-16-37/h4-11,14,16,19,24H,3,12-13,15H2,1-2H3,(H2,31,33,34,35). The summed E-state index contributed by atoms with van der Waals surface area (Å²) in [4.78, 5) is 15.5. The predicted octanol–water partition coefficient (Wildman–Crippen LogP) is 5.71. The van der Waals surface area contributed by atoms with Crippen LogP contribution >= 0.6 is 11.6 Å². The molecule has 4 aromatic rings. The first-order valence-electron chi connectivity index (χ1n) is 12.3. The van der Waals surface area contributed by atoms with Crippen molar-refractivity contribution in [3.05, 3.63) is 83.0 Å². The second kappa shape index (κ2) is 11.3.